The van der Waals surface area contributed by atoms with E-state index in [-0.39, 0.29) is 18.3 Å². The molecule has 0 saturated carbocycles. The molecule has 1 N–H and O–H groups in total. The lowest BCUT2D eigenvalue weighted by atomic mass is 10.1. The Morgan fingerprint density at radius 2 is 1.86 bits per heavy atom. The molecule has 0 radical (unpaired) electrons. The molecule has 0 spiro atoms. The first-order chi connectivity index (χ1) is 14.1. The smallest absolute Gasteiger partial charge is 0.257 e. The van der Waals surface area contributed by atoms with Crippen molar-refractivity contribution in [1.82, 2.24) is 15.1 Å². The number of rotatable bonds is 9. The van der Waals surface area contributed by atoms with E-state index in [1.165, 1.54) is 14.0 Å². The number of benzene rings is 2. The van der Waals surface area contributed by atoms with E-state index in [0.29, 0.717) is 30.0 Å². The minimum atomic E-state index is -0.245. The van der Waals surface area contributed by atoms with E-state index in [1.807, 2.05) is 42.6 Å². The number of para-hydroxylation sites is 1. The zero-order chi connectivity index (χ0) is 20.6. The van der Waals surface area contributed by atoms with Gasteiger partial charge in [-0.3, -0.25) is 9.59 Å². The number of amides is 1. The standard InChI is InChI=1S/C22H23N3O4/c1-16(26)17-8-9-20(21(14-17)28-2)29-15-22(27)23-12-10-18-11-13-25(24-18)19-6-4-3-5-7-19/h3-9,11,13-14H,10,12,15H2,1-2H3,(H,23,27). The fourth-order valence-corrected chi connectivity index (χ4v) is 2.75. The summed E-state index contributed by atoms with van der Waals surface area (Å²) in [6, 6.07) is 16.6. The van der Waals surface area contributed by atoms with Crippen molar-refractivity contribution < 1.29 is 19.1 Å². The average Bonchev–Trinajstić information content (AvgIpc) is 3.21. The Bertz CT molecular complexity index is 983. The van der Waals surface area contributed by atoms with Gasteiger partial charge in [0.05, 0.1) is 18.5 Å². The second kappa shape index (κ2) is 9.54. The third kappa shape index (κ3) is 5.44. The molecule has 0 aliphatic rings. The molecule has 3 aromatic rings. The Hall–Kier alpha value is -3.61. The SMILES string of the molecule is COc1cc(C(C)=O)ccc1OCC(=O)NCCc1ccn(-c2ccccc2)n1. The molecule has 0 saturated heterocycles. The number of nitrogens with one attached hydrogen (secondary N) is 1. The highest BCUT2D eigenvalue weighted by atomic mass is 16.5. The summed E-state index contributed by atoms with van der Waals surface area (Å²) in [7, 11) is 1.49. The first-order valence-electron chi connectivity index (χ1n) is 9.25. The Balaban J connectivity index is 1.46. The summed E-state index contributed by atoms with van der Waals surface area (Å²) in [5.41, 5.74) is 2.39. The molecule has 1 aromatic heterocycles. The molecule has 0 unspecified atom stereocenters. The fourth-order valence-electron chi connectivity index (χ4n) is 2.75. The van der Waals surface area contributed by atoms with Gasteiger partial charge >= 0.3 is 0 Å². The van der Waals surface area contributed by atoms with E-state index < -0.39 is 0 Å². The largest absolute Gasteiger partial charge is 0.493 e. The van der Waals surface area contributed by atoms with Crippen molar-refractivity contribution in [3.8, 4) is 17.2 Å². The molecule has 7 nitrogen and oxygen atoms in total. The molecule has 1 heterocycles. The molecular formula is C22H23N3O4. The number of nitrogens with zero attached hydrogens (tertiary/aromatic N) is 2. The van der Waals surface area contributed by atoms with Crippen LogP contribution in [0.15, 0.2) is 60.8 Å². The minimum Gasteiger partial charge on any atom is -0.493 e. The highest BCUT2D eigenvalue weighted by Gasteiger charge is 2.10. The molecule has 7 heteroatoms. The summed E-state index contributed by atoms with van der Waals surface area (Å²) >= 11 is 0. The predicted octanol–water partition coefficient (Wildman–Crippen LogP) is 2.82. The summed E-state index contributed by atoms with van der Waals surface area (Å²) in [5.74, 6) is 0.513. The average molecular weight is 393 g/mol. The lowest BCUT2D eigenvalue weighted by Crippen LogP contribution is -2.30. The Morgan fingerprint density at radius 1 is 1.07 bits per heavy atom. The fraction of sp³-hybridized carbons (Fsp3) is 0.227. The van der Waals surface area contributed by atoms with Crippen molar-refractivity contribution in [2.75, 3.05) is 20.3 Å². The number of carbonyl (C=O) groups is 2. The summed E-state index contributed by atoms with van der Waals surface area (Å²) in [5, 5.41) is 7.32. The third-order valence-electron chi connectivity index (χ3n) is 4.30. The number of carbonyl (C=O) groups excluding carboxylic acids is 2. The van der Waals surface area contributed by atoms with Gasteiger partial charge in [-0.2, -0.15) is 5.10 Å². The van der Waals surface area contributed by atoms with Crippen LogP contribution in [0.3, 0.4) is 0 Å². The predicted molar refractivity (Wildman–Crippen MR) is 109 cm³/mol. The first-order valence-corrected chi connectivity index (χ1v) is 9.25. The molecule has 3 rings (SSSR count). The van der Waals surface area contributed by atoms with Gasteiger partial charge in [0.1, 0.15) is 0 Å². The molecule has 1 amide bonds. The first kappa shape index (κ1) is 20.1. The van der Waals surface area contributed by atoms with Crippen LogP contribution >= 0.6 is 0 Å². The molecule has 0 atom stereocenters. The van der Waals surface area contributed by atoms with Crippen LogP contribution in [-0.4, -0.2) is 41.7 Å². The Kier molecular flexibility index (Phi) is 6.63. The zero-order valence-electron chi connectivity index (χ0n) is 16.4. The quantitative estimate of drug-likeness (QED) is 0.565. The molecular weight excluding hydrogens is 370 g/mol. The van der Waals surface area contributed by atoms with Gasteiger partial charge in [0.2, 0.25) is 0 Å². The molecule has 2 aromatic carbocycles. The van der Waals surface area contributed by atoms with Crippen LogP contribution in [0.5, 0.6) is 11.5 Å². The van der Waals surface area contributed by atoms with E-state index in [1.54, 1.807) is 22.9 Å². The number of Topliss-reactive ketones (excluding diaryl/α,β-unsaturated/α-hetero) is 1. The zero-order valence-corrected chi connectivity index (χ0v) is 16.4. The highest BCUT2D eigenvalue weighted by Crippen LogP contribution is 2.28. The molecule has 0 bridgehead atoms. The second-order valence-electron chi connectivity index (χ2n) is 6.40. The van der Waals surface area contributed by atoms with E-state index in [0.717, 1.165) is 11.4 Å². The molecule has 0 aliphatic carbocycles. The lowest BCUT2D eigenvalue weighted by molar-refractivity contribution is -0.123. The second-order valence-corrected chi connectivity index (χ2v) is 6.40. The number of hydrogen-bond donors (Lipinski definition) is 1. The maximum atomic E-state index is 12.1. The van der Waals surface area contributed by atoms with Gasteiger partial charge in [0, 0.05) is 24.7 Å². The monoisotopic (exact) mass is 393 g/mol. The molecule has 29 heavy (non-hydrogen) atoms. The Labute approximate surface area is 169 Å². The summed E-state index contributed by atoms with van der Waals surface area (Å²) < 4.78 is 12.6. The van der Waals surface area contributed by atoms with Crippen LogP contribution in [0.1, 0.15) is 23.0 Å². The normalized spacial score (nSPS) is 10.4. The number of methoxy groups -OCH3 is 1. The van der Waals surface area contributed by atoms with Crippen LogP contribution in [0.2, 0.25) is 0 Å². The number of hydrogen-bond acceptors (Lipinski definition) is 5. The minimum absolute atomic E-state index is 0.0673. The van der Waals surface area contributed by atoms with E-state index in [2.05, 4.69) is 10.4 Å². The van der Waals surface area contributed by atoms with Crippen molar-refractivity contribution >= 4 is 11.7 Å². The van der Waals surface area contributed by atoms with Crippen molar-refractivity contribution in [3.63, 3.8) is 0 Å². The van der Waals surface area contributed by atoms with Crippen LogP contribution in [0.25, 0.3) is 5.69 Å². The van der Waals surface area contributed by atoms with Crippen molar-refractivity contribution in [2.24, 2.45) is 0 Å². The highest BCUT2D eigenvalue weighted by molar-refractivity contribution is 5.94. The number of ketones is 1. The van der Waals surface area contributed by atoms with Gasteiger partial charge in [-0.1, -0.05) is 18.2 Å². The Morgan fingerprint density at radius 3 is 2.59 bits per heavy atom. The van der Waals surface area contributed by atoms with Crippen LogP contribution in [0, 0.1) is 0 Å². The van der Waals surface area contributed by atoms with Crippen LogP contribution in [0.4, 0.5) is 0 Å². The van der Waals surface area contributed by atoms with E-state index in [9.17, 15) is 9.59 Å². The van der Waals surface area contributed by atoms with Crippen molar-refractivity contribution in [2.45, 2.75) is 13.3 Å². The topological polar surface area (TPSA) is 82.5 Å². The summed E-state index contributed by atoms with van der Waals surface area (Å²) in [6.45, 7) is 1.79. The lowest BCUT2D eigenvalue weighted by Gasteiger charge is -2.11. The number of ether oxygens (including phenoxy) is 2. The van der Waals surface area contributed by atoms with Crippen molar-refractivity contribution in [3.05, 3.63) is 72.1 Å². The van der Waals surface area contributed by atoms with Crippen LogP contribution in [-0.2, 0) is 11.2 Å². The maximum Gasteiger partial charge on any atom is 0.257 e. The van der Waals surface area contributed by atoms with Crippen LogP contribution < -0.4 is 14.8 Å². The maximum absolute atomic E-state index is 12.1. The van der Waals surface area contributed by atoms with Gasteiger partial charge in [-0.05, 0) is 43.3 Å². The number of aromatic nitrogens is 2. The van der Waals surface area contributed by atoms with E-state index in [4.69, 9.17) is 9.47 Å². The molecule has 150 valence electrons. The van der Waals surface area contributed by atoms with Gasteiger partial charge in [0.15, 0.2) is 23.9 Å². The summed E-state index contributed by atoms with van der Waals surface area (Å²) in [4.78, 5) is 23.5. The van der Waals surface area contributed by atoms with E-state index >= 15 is 0 Å². The van der Waals surface area contributed by atoms with Gasteiger partial charge in [0.25, 0.3) is 5.91 Å². The van der Waals surface area contributed by atoms with Gasteiger partial charge in [-0.25, -0.2) is 4.68 Å². The molecule has 0 fully saturated rings. The summed E-state index contributed by atoms with van der Waals surface area (Å²) in [6.07, 6.45) is 2.51. The van der Waals surface area contributed by atoms with Gasteiger partial charge in [-0.15, -0.1) is 0 Å². The molecule has 0 aliphatic heterocycles. The third-order valence-corrected chi connectivity index (χ3v) is 4.30. The van der Waals surface area contributed by atoms with Crippen molar-refractivity contribution in [1.29, 1.82) is 0 Å². The van der Waals surface area contributed by atoms with Gasteiger partial charge < -0.3 is 14.8 Å².